The number of thioether (sulfide) groups is 1. The Morgan fingerprint density at radius 1 is 1.30 bits per heavy atom. The van der Waals surface area contributed by atoms with Gasteiger partial charge in [0.05, 0.1) is 0 Å². The Hall–Kier alpha value is -1.22. The van der Waals surface area contributed by atoms with Crippen LogP contribution in [0.3, 0.4) is 0 Å². The molecule has 0 radical (unpaired) electrons. The van der Waals surface area contributed by atoms with E-state index in [1.54, 1.807) is 24.3 Å². The molecule has 0 heterocycles. The third-order valence-electron chi connectivity index (χ3n) is 2.89. The molecule has 0 aliphatic carbocycles. The van der Waals surface area contributed by atoms with Gasteiger partial charge in [-0.25, -0.2) is 0 Å². The van der Waals surface area contributed by atoms with Crippen molar-refractivity contribution in [3.63, 3.8) is 0 Å². The minimum atomic E-state index is -0.0688. The average Bonchev–Trinajstić information content (AvgIpc) is 2.44. The van der Waals surface area contributed by atoms with Gasteiger partial charge in [-0.15, -0.1) is 12.4 Å². The van der Waals surface area contributed by atoms with E-state index in [9.17, 15) is 4.79 Å². The normalized spacial score (nSPS) is 9.70. The largest absolute Gasteiger partial charge is 0.351 e. The predicted octanol–water partition coefficient (Wildman–Crippen LogP) is 2.75. The summed E-state index contributed by atoms with van der Waals surface area (Å²) in [6, 6.07) is 7.05. The fourth-order valence-electron chi connectivity index (χ4n) is 1.70. The van der Waals surface area contributed by atoms with Gasteiger partial charge in [-0.3, -0.25) is 4.79 Å². The molecular formula is C14H20ClN3OS. The summed E-state index contributed by atoms with van der Waals surface area (Å²) in [5.41, 5.74) is 0.627. The molecule has 1 aromatic carbocycles. The monoisotopic (exact) mass is 313 g/mol. The fraction of sp³-hybridized carbons (Fsp3) is 0.429. The summed E-state index contributed by atoms with van der Waals surface area (Å²) in [5.74, 6) is -0.0688. The zero-order chi connectivity index (χ0) is 14.1. The molecule has 0 aliphatic rings. The van der Waals surface area contributed by atoms with E-state index >= 15 is 0 Å². The van der Waals surface area contributed by atoms with E-state index in [0.717, 1.165) is 36.3 Å². The van der Waals surface area contributed by atoms with Crippen LogP contribution in [-0.4, -0.2) is 37.0 Å². The number of thiocyanates is 1. The van der Waals surface area contributed by atoms with E-state index in [-0.39, 0.29) is 18.3 Å². The van der Waals surface area contributed by atoms with Gasteiger partial charge in [0.15, 0.2) is 0 Å². The SMILES string of the molecule is CCN(CC)CCNC(=O)c1ccc(SC#N)cc1.Cl. The molecule has 0 bridgehead atoms. The van der Waals surface area contributed by atoms with E-state index in [0.29, 0.717) is 12.1 Å². The molecule has 1 amide bonds. The second-order valence-electron chi connectivity index (χ2n) is 4.00. The van der Waals surface area contributed by atoms with Crippen LogP contribution in [0.1, 0.15) is 24.2 Å². The van der Waals surface area contributed by atoms with Crippen LogP contribution in [0.15, 0.2) is 29.2 Å². The van der Waals surface area contributed by atoms with Crippen molar-refractivity contribution in [3.05, 3.63) is 29.8 Å². The van der Waals surface area contributed by atoms with Crippen LogP contribution in [0.4, 0.5) is 0 Å². The van der Waals surface area contributed by atoms with Crippen molar-refractivity contribution in [1.29, 1.82) is 5.26 Å². The van der Waals surface area contributed by atoms with Crippen LogP contribution in [0.5, 0.6) is 0 Å². The number of benzene rings is 1. The van der Waals surface area contributed by atoms with Gasteiger partial charge in [-0.1, -0.05) is 13.8 Å². The molecule has 20 heavy (non-hydrogen) atoms. The van der Waals surface area contributed by atoms with Gasteiger partial charge < -0.3 is 10.2 Å². The van der Waals surface area contributed by atoms with Crippen molar-refractivity contribution in [2.45, 2.75) is 18.7 Å². The number of carbonyl (C=O) groups is 1. The van der Waals surface area contributed by atoms with Crippen molar-refractivity contribution < 1.29 is 4.79 Å². The van der Waals surface area contributed by atoms with Crippen molar-refractivity contribution in [2.24, 2.45) is 0 Å². The zero-order valence-electron chi connectivity index (χ0n) is 11.8. The number of hydrogen-bond acceptors (Lipinski definition) is 4. The second kappa shape index (κ2) is 10.6. The summed E-state index contributed by atoms with van der Waals surface area (Å²) in [7, 11) is 0. The molecule has 1 aromatic rings. The molecule has 0 aliphatic heterocycles. The van der Waals surface area contributed by atoms with E-state index in [1.807, 2.05) is 5.40 Å². The number of rotatable bonds is 7. The van der Waals surface area contributed by atoms with Crippen LogP contribution >= 0.6 is 24.2 Å². The van der Waals surface area contributed by atoms with Crippen molar-refractivity contribution in [1.82, 2.24) is 10.2 Å². The van der Waals surface area contributed by atoms with Crippen LogP contribution in [0.2, 0.25) is 0 Å². The Morgan fingerprint density at radius 2 is 1.90 bits per heavy atom. The van der Waals surface area contributed by atoms with Gasteiger partial charge in [0.1, 0.15) is 5.40 Å². The molecular weight excluding hydrogens is 294 g/mol. The van der Waals surface area contributed by atoms with Crippen molar-refractivity contribution >= 4 is 30.1 Å². The number of amides is 1. The van der Waals surface area contributed by atoms with Gasteiger partial charge in [-0.2, -0.15) is 5.26 Å². The molecule has 0 saturated heterocycles. The molecule has 0 unspecified atom stereocenters. The minimum Gasteiger partial charge on any atom is -0.351 e. The van der Waals surface area contributed by atoms with Crippen LogP contribution in [-0.2, 0) is 0 Å². The number of carbonyl (C=O) groups excluding carboxylic acids is 1. The van der Waals surface area contributed by atoms with Crippen LogP contribution in [0, 0.1) is 10.7 Å². The first-order valence-electron chi connectivity index (χ1n) is 6.37. The standard InChI is InChI=1S/C14H19N3OS.ClH/c1-3-17(4-2)10-9-16-14(18)12-5-7-13(8-6-12)19-11-15;/h5-8H,3-4,9-10H2,1-2H3,(H,16,18);1H. The molecule has 1 N–H and O–H groups in total. The van der Waals surface area contributed by atoms with Gasteiger partial charge >= 0.3 is 0 Å². The van der Waals surface area contributed by atoms with Gasteiger partial charge in [0.2, 0.25) is 0 Å². The first kappa shape index (κ1) is 18.8. The Kier molecular flexibility index (Phi) is 9.91. The quantitative estimate of drug-likeness (QED) is 0.621. The third-order valence-corrected chi connectivity index (χ3v) is 3.49. The first-order valence-corrected chi connectivity index (χ1v) is 7.19. The molecule has 6 heteroatoms. The number of hydrogen-bond donors (Lipinski definition) is 1. The lowest BCUT2D eigenvalue weighted by molar-refractivity contribution is 0.0949. The first-order chi connectivity index (χ1) is 9.21. The highest BCUT2D eigenvalue weighted by Crippen LogP contribution is 2.16. The van der Waals surface area contributed by atoms with Crippen LogP contribution in [0.25, 0.3) is 0 Å². The molecule has 110 valence electrons. The number of nitrogens with one attached hydrogen (secondary N) is 1. The molecule has 0 saturated carbocycles. The average molecular weight is 314 g/mol. The van der Waals surface area contributed by atoms with Crippen molar-refractivity contribution in [2.75, 3.05) is 26.2 Å². The molecule has 0 atom stereocenters. The third kappa shape index (κ3) is 6.29. The Balaban J connectivity index is 0.00000361. The number of nitriles is 1. The summed E-state index contributed by atoms with van der Waals surface area (Å²) in [5, 5.41) is 13.4. The lowest BCUT2D eigenvalue weighted by Crippen LogP contribution is -2.34. The smallest absolute Gasteiger partial charge is 0.251 e. The summed E-state index contributed by atoms with van der Waals surface area (Å²) < 4.78 is 0. The van der Waals surface area contributed by atoms with Crippen molar-refractivity contribution in [3.8, 4) is 5.40 Å². The van der Waals surface area contributed by atoms with E-state index in [2.05, 4.69) is 24.1 Å². The van der Waals surface area contributed by atoms with Gasteiger partial charge in [0.25, 0.3) is 5.91 Å². The molecule has 4 nitrogen and oxygen atoms in total. The number of nitrogens with zero attached hydrogens (tertiary/aromatic N) is 2. The molecule has 0 aromatic heterocycles. The second-order valence-corrected chi connectivity index (χ2v) is 4.86. The Bertz CT molecular complexity index is 441. The van der Waals surface area contributed by atoms with E-state index in [4.69, 9.17) is 5.26 Å². The number of halogens is 1. The Morgan fingerprint density at radius 3 is 2.40 bits per heavy atom. The van der Waals surface area contributed by atoms with Gasteiger partial charge in [0, 0.05) is 23.5 Å². The predicted molar refractivity (Wildman–Crippen MR) is 85.3 cm³/mol. The highest BCUT2D eigenvalue weighted by atomic mass is 35.5. The van der Waals surface area contributed by atoms with E-state index in [1.165, 1.54) is 0 Å². The highest BCUT2D eigenvalue weighted by molar-refractivity contribution is 8.03. The fourth-order valence-corrected chi connectivity index (χ4v) is 2.07. The van der Waals surface area contributed by atoms with E-state index < -0.39 is 0 Å². The lowest BCUT2D eigenvalue weighted by Gasteiger charge is -2.17. The summed E-state index contributed by atoms with van der Waals surface area (Å²) >= 11 is 1.09. The zero-order valence-corrected chi connectivity index (χ0v) is 13.4. The maximum atomic E-state index is 11.9. The highest BCUT2D eigenvalue weighted by Gasteiger charge is 2.05. The van der Waals surface area contributed by atoms with Gasteiger partial charge in [-0.05, 0) is 49.1 Å². The maximum Gasteiger partial charge on any atom is 0.251 e. The minimum absolute atomic E-state index is 0. The summed E-state index contributed by atoms with van der Waals surface area (Å²) in [4.78, 5) is 15.0. The Labute approximate surface area is 130 Å². The number of likely N-dealkylation sites (N-methyl/N-ethyl adjacent to an activating group) is 1. The topological polar surface area (TPSA) is 56.1 Å². The molecule has 0 spiro atoms. The molecule has 1 rings (SSSR count). The lowest BCUT2D eigenvalue weighted by atomic mass is 10.2. The maximum absolute atomic E-state index is 11.9. The van der Waals surface area contributed by atoms with Crippen LogP contribution < -0.4 is 5.32 Å². The molecule has 0 fully saturated rings. The summed E-state index contributed by atoms with van der Waals surface area (Å²) in [6.45, 7) is 7.71. The summed E-state index contributed by atoms with van der Waals surface area (Å²) in [6.07, 6.45) is 0.